The van der Waals surface area contributed by atoms with Crippen LogP contribution in [-0.4, -0.2) is 17.6 Å². The van der Waals surface area contributed by atoms with Gasteiger partial charge in [-0.05, 0) is 29.5 Å². The molecule has 0 bridgehead atoms. The van der Waals surface area contributed by atoms with Crippen LogP contribution in [0, 0.1) is 17.2 Å². The zero-order valence-corrected chi connectivity index (χ0v) is 9.33. The van der Waals surface area contributed by atoms with Crippen LogP contribution < -0.4 is 5.32 Å². The number of allylic oxidation sites excluding steroid dienone is 1. The Kier molecular flexibility index (Phi) is 2.20. The summed E-state index contributed by atoms with van der Waals surface area (Å²) in [6.07, 6.45) is 5.06. The molecular formula is C12H10ClN3. The summed E-state index contributed by atoms with van der Waals surface area (Å²) in [6, 6.07) is 4.41. The highest BCUT2D eigenvalue weighted by atomic mass is 35.5. The van der Waals surface area contributed by atoms with Crippen LogP contribution in [0.15, 0.2) is 18.3 Å². The predicted molar refractivity (Wildman–Crippen MR) is 61.8 cm³/mol. The molecule has 2 aliphatic rings. The Morgan fingerprint density at radius 2 is 2.44 bits per heavy atom. The lowest BCUT2D eigenvalue weighted by Gasteiger charge is -2.31. The van der Waals surface area contributed by atoms with E-state index in [1.54, 1.807) is 6.20 Å². The van der Waals surface area contributed by atoms with Gasteiger partial charge in [0.05, 0.1) is 5.56 Å². The average Bonchev–Trinajstić information content (AvgIpc) is 2.56. The molecule has 1 aromatic rings. The van der Waals surface area contributed by atoms with Gasteiger partial charge in [0.1, 0.15) is 11.2 Å². The Bertz CT molecular complexity index is 515. The monoisotopic (exact) mass is 231 g/mol. The summed E-state index contributed by atoms with van der Waals surface area (Å²) in [5.74, 6) is 0.733. The second-order valence-electron chi connectivity index (χ2n) is 4.26. The van der Waals surface area contributed by atoms with Gasteiger partial charge in [-0.25, -0.2) is 4.98 Å². The number of aromatic nitrogens is 1. The molecule has 3 rings (SSSR count). The van der Waals surface area contributed by atoms with E-state index in [1.807, 2.05) is 6.07 Å². The fourth-order valence-corrected chi connectivity index (χ4v) is 2.44. The van der Waals surface area contributed by atoms with Crippen molar-refractivity contribution >= 4 is 17.2 Å². The molecule has 0 radical (unpaired) electrons. The largest absolute Gasteiger partial charge is 0.310 e. The van der Waals surface area contributed by atoms with Gasteiger partial charge in [-0.2, -0.15) is 5.26 Å². The fourth-order valence-electron chi connectivity index (χ4n) is 2.30. The van der Waals surface area contributed by atoms with Crippen LogP contribution in [0.2, 0.25) is 5.15 Å². The van der Waals surface area contributed by atoms with Crippen LogP contribution in [0.5, 0.6) is 0 Å². The van der Waals surface area contributed by atoms with Crippen molar-refractivity contribution in [2.45, 2.75) is 12.5 Å². The highest BCUT2D eigenvalue weighted by Crippen LogP contribution is 2.36. The van der Waals surface area contributed by atoms with Gasteiger partial charge in [-0.3, -0.25) is 0 Å². The number of hydrogen-bond acceptors (Lipinski definition) is 3. The molecule has 0 aromatic carbocycles. The zero-order valence-electron chi connectivity index (χ0n) is 8.57. The zero-order chi connectivity index (χ0) is 11.1. The number of nitrogens with one attached hydrogen (secondary N) is 1. The molecule has 1 saturated heterocycles. The van der Waals surface area contributed by atoms with Crippen LogP contribution in [0.1, 0.15) is 17.5 Å². The maximum Gasteiger partial charge on any atom is 0.146 e. The van der Waals surface area contributed by atoms with Gasteiger partial charge in [0, 0.05) is 18.8 Å². The van der Waals surface area contributed by atoms with E-state index in [1.165, 1.54) is 5.57 Å². The van der Waals surface area contributed by atoms with Crippen LogP contribution in [0.25, 0.3) is 5.57 Å². The molecule has 16 heavy (non-hydrogen) atoms. The van der Waals surface area contributed by atoms with Crippen molar-refractivity contribution in [1.29, 1.82) is 5.26 Å². The second kappa shape index (κ2) is 3.58. The molecule has 1 aliphatic carbocycles. The average molecular weight is 232 g/mol. The summed E-state index contributed by atoms with van der Waals surface area (Å²) >= 11 is 5.81. The Balaban J connectivity index is 1.96. The van der Waals surface area contributed by atoms with Gasteiger partial charge in [0.15, 0.2) is 0 Å². The van der Waals surface area contributed by atoms with Crippen LogP contribution in [-0.2, 0) is 0 Å². The van der Waals surface area contributed by atoms with Gasteiger partial charge >= 0.3 is 0 Å². The Morgan fingerprint density at radius 3 is 3.00 bits per heavy atom. The Morgan fingerprint density at radius 1 is 1.56 bits per heavy atom. The molecule has 2 unspecified atom stereocenters. The Labute approximate surface area is 98.8 Å². The van der Waals surface area contributed by atoms with Crippen molar-refractivity contribution in [2.75, 3.05) is 6.54 Å². The number of nitriles is 1. The van der Waals surface area contributed by atoms with E-state index in [-0.39, 0.29) is 5.15 Å². The van der Waals surface area contributed by atoms with E-state index < -0.39 is 0 Å². The molecule has 1 aliphatic heterocycles. The normalized spacial score (nSPS) is 26.6. The number of fused-ring (bicyclic) bond motifs is 1. The Hall–Kier alpha value is -1.37. The SMILES string of the molecule is N#Cc1cc(C2=CC3NCC3C2)cnc1Cl. The highest BCUT2D eigenvalue weighted by Gasteiger charge is 2.34. The first-order valence-electron chi connectivity index (χ1n) is 5.28. The van der Waals surface area contributed by atoms with Crippen molar-refractivity contribution in [3.8, 4) is 6.07 Å². The van der Waals surface area contributed by atoms with Crippen LogP contribution >= 0.6 is 11.6 Å². The van der Waals surface area contributed by atoms with Gasteiger partial charge in [-0.15, -0.1) is 0 Å². The van der Waals surface area contributed by atoms with Crippen molar-refractivity contribution in [3.05, 3.63) is 34.6 Å². The molecule has 1 N–H and O–H groups in total. The van der Waals surface area contributed by atoms with Gasteiger partial charge < -0.3 is 5.32 Å². The maximum atomic E-state index is 8.90. The molecule has 2 atom stereocenters. The third kappa shape index (κ3) is 1.42. The first-order valence-corrected chi connectivity index (χ1v) is 5.66. The second-order valence-corrected chi connectivity index (χ2v) is 4.62. The lowest BCUT2D eigenvalue weighted by molar-refractivity contribution is 0.301. The van der Waals surface area contributed by atoms with Crippen molar-refractivity contribution in [1.82, 2.24) is 10.3 Å². The van der Waals surface area contributed by atoms with Crippen LogP contribution in [0.3, 0.4) is 0 Å². The number of hydrogen-bond donors (Lipinski definition) is 1. The van der Waals surface area contributed by atoms with E-state index in [0.717, 1.165) is 24.4 Å². The summed E-state index contributed by atoms with van der Waals surface area (Å²) in [5, 5.41) is 12.5. The summed E-state index contributed by atoms with van der Waals surface area (Å²) in [7, 11) is 0. The lowest BCUT2D eigenvalue weighted by Crippen LogP contribution is -2.49. The first kappa shape index (κ1) is 9.83. The predicted octanol–water partition coefficient (Wildman–Crippen LogP) is 1.98. The van der Waals surface area contributed by atoms with Crippen molar-refractivity contribution < 1.29 is 0 Å². The molecular weight excluding hydrogens is 222 g/mol. The molecule has 1 aromatic heterocycles. The number of rotatable bonds is 1. The summed E-state index contributed by atoms with van der Waals surface area (Å²) in [4.78, 5) is 4.05. The lowest BCUT2D eigenvalue weighted by atomic mass is 9.93. The third-order valence-corrected chi connectivity index (χ3v) is 3.62. The maximum absolute atomic E-state index is 8.90. The van der Waals surface area contributed by atoms with E-state index >= 15 is 0 Å². The number of pyridine rings is 1. The minimum absolute atomic E-state index is 0.283. The third-order valence-electron chi connectivity index (χ3n) is 3.32. The smallest absolute Gasteiger partial charge is 0.146 e. The van der Waals surface area contributed by atoms with E-state index in [0.29, 0.717) is 11.6 Å². The van der Waals surface area contributed by atoms with Crippen molar-refractivity contribution in [2.24, 2.45) is 5.92 Å². The summed E-state index contributed by atoms with van der Waals surface area (Å²) in [5.41, 5.74) is 2.75. The minimum Gasteiger partial charge on any atom is -0.310 e. The molecule has 2 heterocycles. The first-order chi connectivity index (χ1) is 7.78. The molecule has 0 saturated carbocycles. The molecule has 3 nitrogen and oxygen atoms in total. The van der Waals surface area contributed by atoms with Gasteiger partial charge in [-0.1, -0.05) is 17.7 Å². The van der Waals surface area contributed by atoms with E-state index in [2.05, 4.69) is 22.4 Å². The van der Waals surface area contributed by atoms with Gasteiger partial charge in [0.25, 0.3) is 0 Å². The van der Waals surface area contributed by atoms with Crippen molar-refractivity contribution in [3.63, 3.8) is 0 Å². The molecule has 80 valence electrons. The minimum atomic E-state index is 0.283. The van der Waals surface area contributed by atoms with E-state index in [4.69, 9.17) is 16.9 Å². The highest BCUT2D eigenvalue weighted by molar-refractivity contribution is 6.30. The molecule has 0 spiro atoms. The van der Waals surface area contributed by atoms with Crippen LogP contribution in [0.4, 0.5) is 0 Å². The summed E-state index contributed by atoms with van der Waals surface area (Å²) < 4.78 is 0. The molecule has 0 amide bonds. The summed E-state index contributed by atoms with van der Waals surface area (Å²) in [6.45, 7) is 1.09. The number of nitrogens with zero attached hydrogens (tertiary/aromatic N) is 2. The molecule has 1 fully saturated rings. The van der Waals surface area contributed by atoms with Gasteiger partial charge in [0.2, 0.25) is 0 Å². The fraction of sp³-hybridized carbons (Fsp3) is 0.333. The molecule has 4 heteroatoms. The standard InChI is InChI=1S/C12H10ClN3/c13-12-8(4-14)2-9(5-16-12)7-1-10-6-15-11(10)3-7/h2-3,5,10-11,15H,1,6H2. The number of halogens is 1. The van der Waals surface area contributed by atoms with E-state index in [9.17, 15) is 0 Å². The quantitative estimate of drug-likeness (QED) is 0.752. The topological polar surface area (TPSA) is 48.7 Å².